The van der Waals surface area contributed by atoms with E-state index < -0.39 is 36.0 Å². The van der Waals surface area contributed by atoms with Crippen LogP contribution in [-0.2, 0) is 14.3 Å². The molecule has 0 atom stereocenters. The lowest BCUT2D eigenvalue weighted by Gasteiger charge is -2.32. The lowest BCUT2D eigenvalue weighted by molar-refractivity contribution is -0.132. The molecule has 15 nitrogen and oxygen atoms in total. The van der Waals surface area contributed by atoms with Crippen LogP contribution >= 0.6 is 0 Å². The average molecular weight is 803 g/mol. The summed E-state index contributed by atoms with van der Waals surface area (Å²) in [5.74, 6) is -0.540. The first kappa shape index (κ1) is 44.9. The van der Waals surface area contributed by atoms with Gasteiger partial charge >= 0.3 is 6.09 Å². The molecule has 3 aromatic rings. The van der Waals surface area contributed by atoms with Crippen LogP contribution in [-0.4, -0.2) is 112 Å². The molecule has 314 valence electrons. The van der Waals surface area contributed by atoms with Crippen molar-refractivity contribution in [3.63, 3.8) is 0 Å². The number of ether oxygens (including phenoxy) is 4. The zero-order valence-electron chi connectivity index (χ0n) is 34.6. The smallest absolute Gasteiger partial charge is 0.407 e. The molecule has 58 heavy (non-hydrogen) atoms. The van der Waals surface area contributed by atoms with E-state index >= 15 is 0 Å². The fraction of sp³-hybridized carbons (Fsp3) is 0.465. The molecule has 0 radical (unpaired) electrons. The molecule has 0 spiro atoms. The molecule has 3 aromatic carbocycles. The van der Waals surface area contributed by atoms with Crippen LogP contribution in [0.4, 0.5) is 16.2 Å². The van der Waals surface area contributed by atoms with Crippen molar-refractivity contribution in [2.75, 3.05) is 76.9 Å². The number of carbonyl (C=O) groups excluding carboxylic acids is 5. The Balaban J connectivity index is 1.37. The highest BCUT2D eigenvalue weighted by Crippen LogP contribution is 2.33. The summed E-state index contributed by atoms with van der Waals surface area (Å²) in [7, 11) is 3.70. The molecular weight excluding hydrogens is 745 g/mol. The first-order valence-electron chi connectivity index (χ1n) is 19.6. The van der Waals surface area contributed by atoms with Gasteiger partial charge in [0.1, 0.15) is 22.8 Å². The molecule has 15 heteroatoms. The largest absolute Gasteiger partial charge is 0.493 e. The highest BCUT2D eigenvalue weighted by Gasteiger charge is 2.22. The fourth-order valence-corrected chi connectivity index (χ4v) is 6.02. The third-order valence-corrected chi connectivity index (χ3v) is 9.16. The van der Waals surface area contributed by atoms with Crippen LogP contribution in [0.3, 0.4) is 0 Å². The quantitative estimate of drug-likeness (QED) is 0.133. The molecule has 1 aliphatic rings. The Morgan fingerprint density at radius 1 is 0.810 bits per heavy atom. The van der Waals surface area contributed by atoms with E-state index in [1.54, 1.807) is 58.2 Å². The Morgan fingerprint density at radius 2 is 1.52 bits per heavy atom. The number of anilines is 2. The third-order valence-electron chi connectivity index (χ3n) is 9.16. The van der Waals surface area contributed by atoms with Crippen molar-refractivity contribution < 1.29 is 42.9 Å². The average Bonchev–Trinajstić information content (AvgIpc) is 3.17. The lowest BCUT2D eigenvalue weighted by atomic mass is 10.1. The summed E-state index contributed by atoms with van der Waals surface area (Å²) in [5.41, 5.74) is 6.93. The fourth-order valence-electron chi connectivity index (χ4n) is 6.02. The number of nitrogens with two attached hydrogens (primary N) is 1. The molecule has 5 amide bonds. The van der Waals surface area contributed by atoms with Crippen LogP contribution in [0.15, 0.2) is 60.7 Å². The second-order valence-electron chi connectivity index (χ2n) is 15.2. The van der Waals surface area contributed by atoms with Crippen molar-refractivity contribution in [2.45, 2.75) is 65.4 Å². The monoisotopic (exact) mass is 802 g/mol. The summed E-state index contributed by atoms with van der Waals surface area (Å²) >= 11 is 0. The first-order chi connectivity index (χ1) is 27.6. The lowest BCUT2D eigenvalue weighted by Crippen LogP contribution is -2.47. The molecule has 1 heterocycles. The Morgan fingerprint density at radius 3 is 2.24 bits per heavy atom. The van der Waals surface area contributed by atoms with Crippen molar-refractivity contribution >= 4 is 41.1 Å². The van der Waals surface area contributed by atoms with Gasteiger partial charge in [0.15, 0.2) is 6.61 Å². The van der Waals surface area contributed by atoms with Gasteiger partial charge in [-0.25, -0.2) is 4.79 Å². The predicted octanol–water partition coefficient (Wildman–Crippen LogP) is 5.39. The van der Waals surface area contributed by atoms with Crippen molar-refractivity contribution in [3.05, 3.63) is 77.4 Å². The van der Waals surface area contributed by atoms with Gasteiger partial charge in [0.25, 0.3) is 17.7 Å². The highest BCUT2D eigenvalue weighted by molar-refractivity contribution is 6.09. The van der Waals surface area contributed by atoms with Crippen molar-refractivity contribution in [1.29, 1.82) is 0 Å². The molecule has 1 aliphatic heterocycles. The molecule has 4 rings (SSSR count). The summed E-state index contributed by atoms with van der Waals surface area (Å²) in [6, 6.07) is 16.7. The molecule has 4 N–H and O–H groups in total. The van der Waals surface area contributed by atoms with Crippen LogP contribution in [0.5, 0.6) is 17.2 Å². The number of unbranched alkanes of at least 4 members (excludes halogenated alkanes) is 2. The van der Waals surface area contributed by atoms with E-state index in [1.807, 2.05) is 30.0 Å². The van der Waals surface area contributed by atoms with Crippen molar-refractivity contribution in [3.8, 4) is 17.2 Å². The number of para-hydroxylation sites is 1. The van der Waals surface area contributed by atoms with E-state index in [0.717, 1.165) is 51.0 Å². The van der Waals surface area contributed by atoms with E-state index in [2.05, 4.69) is 22.6 Å². The number of carbonyl (C=O) groups is 5. The van der Waals surface area contributed by atoms with Crippen LogP contribution in [0.25, 0.3) is 0 Å². The molecule has 1 saturated heterocycles. The minimum Gasteiger partial charge on any atom is -0.493 e. The van der Waals surface area contributed by atoms with Gasteiger partial charge in [0.2, 0.25) is 5.91 Å². The summed E-state index contributed by atoms with van der Waals surface area (Å²) in [5, 5.41) is 5.47. The number of nitrogens with zero attached hydrogens (tertiary/aromatic N) is 3. The third kappa shape index (κ3) is 14.3. The topological polar surface area (TPSA) is 182 Å². The Labute approximate surface area is 341 Å². The Kier molecular flexibility index (Phi) is 16.7. The number of aryl methyl sites for hydroxylation is 1. The standard InChI is InChI=1S/C43H58N6O9/c1-30-16-19-34(37(27-30)56-25-11-7-8-15-39(51)49-23-21-47(5)22-24-49)48(6)41(53)31-17-18-33(36(28-31)57-29-38(44)50)46-40(52)32-13-9-10-14-35(32)55-26-12-20-45-42(54)58-43(2,3)4/h9-10,13-14,16-19,27-28H,7-8,11-12,15,20-26,29H2,1-6H3,(H2,44,50)(H,45,54)(H,46,52). The number of hydrogen-bond donors (Lipinski definition) is 3. The second kappa shape index (κ2) is 21.6. The summed E-state index contributed by atoms with van der Waals surface area (Å²) in [6.45, 7) is 11.1. The number of hydrogen-bond acceptors (Lipinski definition) is 10. The number of rotatable bonds is 19. The first-order valence-corrected chi connectivity index (χ1v) is 19.6. The molecule has 0 bridgehead atoms. The van der Waals surface area contributed by atoms with E-state index in [4.69, 9.17) is 24.7 Å². The maximum absolute atomic E-state index is 13.9. The number of piperazine rings is 1. The number of benzene rings is 3. The van der Waals surface area contributed by atoms with Gasteiger partial charge in [0.05, 0.1) is 30.2 Å². The van der Waals surface area contributed by atoms with Crippen molar-refractivity contribution in [1.82, 2.24) is 15.1 Å². The van der Waals surface area contributed by atoms with E-state index in [-0.39, 0.29) is 35.1 Å². The molecule has 0 aromatic heterocycles. The minimum absolute atomic E-state index is 0.0597. The maximum Gasteiger partial charge on any atom is 0.407 e. The van der Waals surface area contributed by atoms with Gasteiger partial charge in [-0.3, -0.25) is 19.2 Å². The van der Waals surface area contributed by atoms with Crippen LogP contribution < -0.4 is 35.5 Å². The Hall–Kier alpha value is -5.83. The molecular formula is C43H58N6O9. The summed E-state index contributed by atoms with van der Waals surface area (Å²) in [6.07, 6.45) is 2.81. The summed E-state index contributed by atoms with van der Waals surface area (Å²) in [4.78, 5) is 69.3. The van der Waals surface area contributed by atoms with Crippen LogP contribution in [0.1, 0.15) is 79.2 Å². The minimum atomic E-state index is -0.742. The zero-order valence-corrected chi connectivity index (χ0v) is 34.6. The van der Waals surface area contributed by atoms with Gasteiger partial charge in [0, 0.05) is 51.8 Å². The van der Waals surface area contributed by atoms with E-state index in [9.17, 15) is 24.0 Å². The number of amides is 5. The van der Waals surface area contributed by atoms with Crippen LogP contribution in [0.2, 0.25) is 0 Å². The number of likely N-dealkylation sites (N-methyl/N-ethyl adjacent to an activating group) is 1. The predicted molar refractivity (Wildman–Crippen MR) is 222 cm³/mol. The second-order valence-corrected chi connectivity index (χ2v) is 15.2. The number of primary amides is 1. The molecule has 0 unspecified atom stereocenters. The van der Waals surface area contributed by atoms with E-state index in [0.29, 0.717) is 43.2 Å². The van der Waals surface area contributed by atoms with Gasteiger partial charge in [-0.2, -0.15) is 0 Å². The van der Waals surface area contributed by atoms with Crippen molar-refractivity contribution in [2.24, 2.45) is 5.73 Å². The normalized spacial score (nSPS) is 13.0. The zero-order chi connectivity index (χ0) is 42.2. The molecule has 1 fully saturated rings. The summed E-state index contributed by atoms with van der Waals surface area (Å²) < 4.78 is 23.0. The van der Waals surface area contributed by atoms with E-state index in [1.165, 1.54) is 17.0 Å². The SMILES string of the molecule is Cc1ccc(N(C)C(=O)c2ccc(NC(=O)c3ccccc3OCCCNC(=O)OC(C)(C)C)c(OCC(N)=O)c2)c(OCCCCCC(=O)N2CCN(C)CC2)c1. The number of alkyl carbamates (subject to hydrolysis) is 1. The van der Waals surface area contributed by atoms with Gasteiger partial charge in [-0.1, -0.05) is 18.2 Å². The molecule has 0 saturated carbocycles. The maximum atomic E-state index is 13.9. The van der Waals surface area contributed by atoms with Gasteiger partial charge in [-0.15, -0.1) is 0 Å². The molecule has 0 aliphatic carbocycles. The number of nitrogens with one attached hydrogen (secondary N) is 2. The van der Waals surface area contributed by atoms with Gasteiger partial charge in [-0.05, 0) is 108 Å². The van der Waals surface area contributed by atoms with Crippen LogP contribution in [0, 0.1) is 6.92 Å². The van der Waals surface area contributed by atoms with Gasteiger partial charge < -0.3 is 50.0 Å². The highest BCUT2D eigenvalue weighted by atomic mass is 16.6. The Bertz CT molecular complexity index is 1890.